The normalized spacial score (nSPS) is 19.0. The van der Waals surface area contributed by atoms with Crippen molar-refractivity contribution in [3.63, 3.8) is 0 Å². The second-order valence-corrected chi connectivity index (χ2v) is 3.95. The summed E-state index contributed by atoms with van der Waals surface area (Å²) in [5.74, 6) is -0.207. The third-order valence-electron chi connectivity index (χ3n) is 2.23. The quantitative estimate of drug-likeness (QED) is 0.622. The minimum atomic E-state index is -0.544. The molecule has 0 amide bonds. The molecule has 17 heavy (non-hydrogen) atoms. The lowest BCUT2D eigenvalue weighted by molar-refractivity contribution is -0.389. The minimum absolute atomic E-state index is 0.125. The summed E-state index contributed by atoms with van der Waals surface area (Å²) >= 11 is 3.14. The highest BCUT2D eigenvalue weighted by Gasteiger charge is 2.27. The van der Waals surface area contributed by atoms with Crippen molar-refractivity contribution in [2.45, 2.75) is 12.6 Å². The molecular formula is C9H10BrN3O4. The van der Waals surface area contributed by atoms with E-state index in [9.17, 15) is 10.1 Å². The van der Waals surface area contributed by atoms with Crippen LogP contribution in [0.15, 0.2) is 17.3 Å². The summed E-state index contributed by atoms with van der Waals surface area (Å²) in [5.41, 5.74) is 0. The van der Waals surface area contributed by atoms with Crippen molar-refractivity contribution in [2.24, 2.45) is 0 Å². The molecule has 1 aromatic rings. The summed E-state index contributed by atoms with van der Waals surface area (Å²) in [6.07, 6.45) is 3.04. The lowest BCUT2D eigenvalue weighted by Crippen LogP contribution is -2.32. The average molecular weight is 304 g/mol. The Kier molecular flexibility index (Phi) is 3.75. The van der Waals surface area contributed by atoms with Gasteiger partial charge in [0.15, 0.2) is 0 Å². The van der Waals surface area contributed by atoms with Crippen LogP contribution < -0.4 is 4.74 Å². The Hall–Kier alpha value is -1.41. The topological polar surface area (TPSA) is 79.4 Å². The first-order valence-corrected chi connectivity index (χ1v) is 5.83. The molecule has 0 N–H and O–H groups in total. The number of hydrogen-bond donors (Lipinski definition) is 0. The van der Waals surface area contributed by atoms with Crippen LogP contribution in [0, 0.1) is 10.1 Å². The lowest BCUT2D eigenvalue weighted by atomic mass is 10.3. The second kappa shape index (κ2) is 5.28. The van der Waals surface area contributed by atoms with Crippen molar-refractivity contribution >= 4 is 21.7 Å². The van der Waals surface area contributed by atoms with Gasteiger partial charge >= 0.3 is 11.8 Å². The van der Waals surface area contributed by atoms with Gasteiger partial charge in [0, 0.05) is 4.98 Å². The van der Waals surface area contributed by atoms with Gasteiger partial charge in [0.1, 0.15) is 18.9 Å². The molecule has 0 bridgehead atoms. The van der Waals surface area contributed by atoms with Gasteiger partial charge in [-0.25, -0.2) is 0 Å². The highest BCUT2D eigenvalue weighted by atomic mass is 79.9. The Morgan fingerprint density at radius 3 is 3.35 bits per heavy atom. The molecule has 1 unspecified atom stereocenters. The number of aromatic nitrogens is 2. The molecule has 1 aliphatic heterocycles. The van der Waals surface area contributed by atoms with E-state index in [4.69, 9.17) is 9.47 Å². The first-order chi connectivity index (χ1) is 8.20. The molecule has 0 saturated carbocycles. The first-order valence-electron chi connectivity index (χ1n) is 4.92. The predicted octanol–water partition coefficient (Wildman–Crippen LogP) is 1.48. The number of fused-ring (bicyclic) bond motifs is 1. The third-order valence-corrected chi connectivity index (χ3v) is 2.60. The monoisotopic (exact) mass is 303 g/mol. The molecule has 0 saturated heterocycles. The highest BCUT2D eigenvalue weighted by molar-refractivity contribution is 9.11. The van der Waals surface area contributed by atoms with Crippen molar-refractivity contribution in [1.82, 2.24) is 9.55 Å². The standard InChI is InChI=1S/C9H10BrN3O4/c10-2-1-3-16-7-4-12-5-8(13(14)15)11-9(12)17-6-7/h1-2,5,7H,3-4,6H2/b2-1+. The number of ether oxygens (including phenoxy) is 2. The zero-order chi connectivity index (χ0) is 12.3. The van der Waals surface area contributed by atoms with E-state index < -0.39 is 4.92 Å². The number of rotatable bonds is 4. The van der Waals surface area contributed by atoms with E-state index in [1.54, 1.807) is 9.55 Å². The third kappa shape index (κ3) is 2.83. The molecule has 1 atom stereocenters. The summed E-state index contributed by atoms with van der Waals surface area (Å²) in [6, 6.07) is 0.271. The molecular weight excluding hydrogens is 294 g/mol. The molecule has 2 rings (SSSR count). The summed E-state index contributed by atoms with van der Waals surface area (Å²) in [6.45, 7) is 1.32. The van der Waals surface area contributed by atoms with Gasteiger partial charge < -0.3 is 19.6 Å². The van der Waals surface area contributed by atoms with Gasteiger partial charge in [-0.05, 0) is 9.91 Å². The summed E-state index contributed by atoms with van der Waals surface area (Å²) in [4.78, 5) is 15.5. The van der Waals surface area contributed by atoms with Gasteiger partial charge in [0.2, 0.25) is 0 Å². The average Bonchev–Trinajstić information content (AvgIpc) is 2.72. The highest BCUT2D eigenvalue weighted by Crippen LogP contribution is 2.22. The zero-order valence-corrected chi connectivity index (χ0v) is 10.4. The summed E-state index contributed by atoms with van der Waals surface area (Å²) < 4.78 is 12.4. The summed E-state index contributed by atoms with van der Waals surface area (Å²) in [7, 11) is 0. The number of nitrogens with zero attached hydrogens (tertiary/aromatic N) is 3. The molecule has 0 radical (unpaired) electrons. The van der Waals surface area contributed by atoms with Crippen LogP contribution in [0.3, 0.4) is 0 Å². The van der Waals surface area contributed by atoms with E-state index in [0.717, 1.165) is 0 Å². The maximum absolute atomic E-state index is 10.5. The molecule has 2 heterocycles. The number of hydrogen-bond acceptors (Lipinski definition) is 5. The number of halogens is 1. The summed E-state index contributed by atoms with van der Waals surface area (Å²) in [5, 5.41) is 10.5. The van der Waals surface area contributed by atoms with Crippen molar-refractivity contribution in [2.75, 3.05) is 13.2 Å². The van der Waals surface area contributed by atoms with Gasteiger partial charge in [-0.3, -0.25) is 4.57 Å². The van der Waals surface area contributed by atoms with E-state index in [1.165, 1.54) is 6.20 Å². The van der Waals surface area contributed by atoms with Gasteiger partial charge in [-0.2, -0.15) is 0 Å². The fourth-order valence-electron chi connectivity index (χ4n) is 1.49. The Labute approximate surface area is 105 Å². The largest absolute Gasteiger partial charge is 0.443 e. The van der Waals surface area contributed by atoms with Crippen LogP contribution in [0.5, 0.6) is 6.01 Å². The minimum Gasteiger partial charge on any atom is -0.443 e. The molecule has 0 aliphatic carbocycles. The van der Waals surface area contributed by atoms with Gasteiger partial charge in [-0.1, -0.05) is 22.0 Å². The molecule has 1 aromatic heterocycles. The van der Waals surface area contributed by atoms with E-state index in [1.807, 2.05) is 6.08 Å². The van der Waals surface area contributed by atoms with Crippen LogP contribution in [0.25, 0.3) is 0 Å². The van der Waals surface area contributed by atoms with Gasteiger partial charge in [0.05, 0.1) is 13.2 Å². The van der Waals surface area contributed by atoms with Crippen LogP contribution >= 0.6 is 15.9 Å². The van der Waals surface area contributed by atoms with Crippen molar-refractivity contribution in [3.8, 4) is 6.01 Å². The van der Waals surface area contributed by atoms with Crippen LogP contribution in [0.1, 0.15) is 0 Å². The zero-order valence-electron chi connectivity index (χ0n) is 8.78. The SMILES string of the molecule is O=[N+]([O-])c1cn2c(n1)OCC(OC/C=C/Br)C2. The molecule has 7 nitrogen and oxygen atoms in total. The van der Waals surface area contributed by atoms with Gasteiger partial charge in [-0.15, -0.1) is 0 Å². The molecule has 92 valence electrons. The van der Waals surface area contributed by atoms with E-state index in [0.29, 0.717) is 19.8 Å². The second-order valence-electron chi connectivity index (χ2n) is 3.42. The molecule has 8 heteroatoms. The number of nitro groups is 1. The maximum Gasteiger partial charge on any atom is 0.414 e. The Bertz CT molecular complexity index is 445. The van der Waals surface area contributed by atoms with E-state index in [2.05, 4.69) is 20.9 Å². The van der Waals surface area contributed by atoms with Crippen LogP contribution in [0.2, 0.25) is 0 Å². The van der Waals surface area contributed by atoms with Crippen molar-refractivity contribution in [3.05, 3.63) is 27.4 Å². The van der Waals surface area contributed by atoms with E-state index >= 15 is 0 Å². The Balaban J connectivity index is 2.00. The lowest BCUT2D eigenvalue weighted by Gasteiger charge is -2.21. The Morgan fingerprint density at radius 2 is 2.65 bits per heavy atom. The predicted molar refractivity (Wildman–Crippen MR) is 62.2 cm³/mol. The van der Waals surface area contributed by atoms with Gasteiger partial charge in [0.25, 0.3) is 0 Å². The maximum atomic E-state index is 10.5. The van der Waals surface area contributed by atoms with Crippen LogP contribution in [-0.4, -0.2) is 33.8 Å². The first kappa shape index (κ1) is 12.1. The van der Waals surface area contributed by atoms with Crippen LogP contribution in [-0.2, 0) is 11.3 Å². The van der Waals surface area contributed by atoms with Crippen molar-refractivity contribution in [1.29, 1.82) is 0 Å². The molecule has 0 aromatic carbocycles. The fourth-order valence-corrected chi connectivity index (χ4v) is 1.64. The molecule has 0 fully saturated rings. The number of imidazole rings is 1. The smallest absolute Gasteiger partial charge is 0.414 e. The fraction of sp³-hybridized carbons (Fsp3) is 0.444. The molecule has 0 spiro atoms. The molecule has 1 aliphatic rings. The van der Waals surface area contributed by atoms with E-state index in [-0.39, 0.29) is 17.9 Å². The van der Waals surface area contributed by atoms with Crippen molar-refractivity contribution < 1.29 is 14.4 Å². The Morgan fingerprint density at radius 1 is 1.82 bits per heavy atom. The van der Waals surface area contributed by atoms with Crippen LogP contribution in [0.4, 0.5) is 5.82 Å².